The van der Waals surface area contributed by atoms with E-state index in [0.717, 1.165) is 16.0 Å². The molecule has 0 aliphatic heterocycles. The molecule has 1 aromatic heterocycles. The van der Waals surface area contributed by atoms with Crippen LogP contribution in [0.1, 0.15) is 6.92 Å². The van der Waals surface area contributed by atoms with Gasteiger partial charge in [0.2, 0.25) is 0 Å². The number of rotatable bonds is 4. The molecule has 0 unspecified atom stereocenters. The van der Waals surface area contributed by atoms with Crippen molar-refractivity contribution >= 4 is 39.1 Å². The molecule has 0 fully saturated rings. The zero-order valence-electron chi connectivity index (χ0n) is 10.4. The van der Waals surface area contributed by atoms with Gasteiger partial charge in [-0.2, -0.15) is 0 Å². The average molecular weight is 302 g/mol. The third-order valence-corrected chi connectivity index (χ3v) is 3.80. The van der Waals surface area contributed by atoms with E-state index in [4.69, 9.17) is 21.1 Å². The number of carbonyl (C=O) groups is 1. The average Bonchev–Trinajstić information content (AvgIpc) is 2.67. The summed E-state index contributed by atoms with van der Waals surface area (Å²) in [6, 6.07) is 5.22. The number of para-hydroxylation sites is 1. The topological polar surface area (TPSA) is 57.5 Å². The molecule has 19 heavy (non-hydrogen) atoms. The number of aromatic nitrogens is 1. The molecule has 0 N–H and O–H groups in total. The van der Waals surface area contributed by atoms with Crippen LogP contribution in [0, 0.1) is 0 Å². The van der Waals surface area contributed by atoms with E-state index >= 15 is 0 Å². The Balaban J connectivity index is 2.33. The SMILES string of the molecule is CO[C@H](C)OC(=O)Cn1c(=O)sc2cccc(Cl)c21. The van der Waals surface area contributed by atoms with Gasteiger partial charge in [-0.1, -0.05) is 29.0 Å². The number of fused-ring (bicyclic) bond motifs is 1. The Hall–Kier alpha value is -1.37. The molecule has 5 nitrogen and oxygen atoms in total. The van der Waals surface area contributed by atoms with Gasteiger partial charge in [-0.15, -0.1) is 0 Å². The summed E-state index contributed by atoms with van der Waals surface area (Å²) in [5.41, 5.74) is 0.557. The van der Waals surface area contributed by atoms with Crippen LogP contribution >= 0.6 is 22.9 Å². The Morgan fingerprint density at radius 1 is 1.53 bits per heavy atom. The van der Waals surface area contributed by atoms with Crippen molar-refractivity contribution in [2.45, 2.75) is 19.8 Å². The molecule has 0 bridgehead atoms. The number of nitrogens with zero attached hydrogens (tertiary/aromatic N) is 1. The van der Waals surface area contributed by atoms with Crippen molar-refractivity contribution < 1.29 is 14.3 Å². The Kier molecular flexibility index (Phi) is 4.24. The minimum Gasteiger partial charge on any atom is -0.435 e. The van der Waals surface area contributed by atoms with Gasteiger partial charge < -0.3 is 9.47 Å². The number of carbonyl (C=O) groups excluding carboxylic acids is 1. The molecule has 1 aromatic carbocycles. The molecule has 0 aliphatic carbocycles. The second-order valence-electron chi connectivity index (χ2n) is 3.83. The van der Waals surface area contributed by atoms with E-state index in [0.29, 0.717) is 10.5 Å². The predicted molar refractivity (Wildman–Crippen MR) is 73.7 cm³/mol. The van der Waals surface area contributed by atoms with E-state index in [-0.39, 0.29) is 11.4 Å². The molecule has 0 aliphatic rings. The van der Waals surface area contributed by atoms with E-state index in [9.17, 15) is 9.59 Å². The lowest BCUT2D eigenvalue weighted by Crippen LogP contribution is -2.24. The molecule has 102 valence electrons. The van der Waals surface area contributed by atoms with Gasteiger partial charge >= 0.3 is 10.8 Å². The molecule has 0 spiro atoms. The van der Waals surface area contributed by atoms with Crippen LogP contribution in [0.5, 0.6) is 0 Å². The van der Waals surface area contributed by atoms with Crippen molar-refractivity contribution in [2.75, 3.05) is 7.11 Å². The standard InChI is InChI=1S/C12H12ClNO4S/c1-7(17-2)18-10(15)6-14-11-8(13)4-3-5-9(11)19-12(14)16/h3-5,7H,6H2,1-2H3/t7-/m0/s1. The summed E-state index contributed by atoms with van der Waals surface area (Å²) in [4.78, 5) is 23.3. The molecule has 2 rings (SSSR count). The summed E-state index contributed by atoms with van der Waals surface area (Å²) in [5, 5.41) is 0.434. The van der Waals surface area contributed by atoms with Crippen LogP contribution in [0.25, 0.3) is 10.2 Å². The fourth-order valence-corrected chi connectivity index (χ4v) is 2.87. The summed E-state index contributed by atoms with van der Waals surface area (Å²) < 4.78 is 11.8. The number of methoxy groups -OCH3 is 1. The first kappa shape index (κ1) is 14.0. The minimum atomic E-state index is -0.649. The zero-order chi connectivity index (χ0) is 14.0. The quantitative estimate of drug-likeness (QED) is 0.642. The van der Waals surface area contributed by atoms with Crippen LogP contribution in [0.3, 0.4) is 0 Å². The van der Waals surface area contributed by atoms with Crippen LogP contribution in [0.15, 0.2) is 23.0 Å². The number of benzene rings is 1. The molecule has 0 radical (unpaired) electrons. The summed E-state index contributed by atoms with van der Waals surface area (Å²) in [5.74, 6) is -0.545. The van der Waals surface area contributed by atoms with Gasteiger partial charge in [0.25, 0.3) is 0 Å². The molecule has 2 aromatic rings. The van der Waals surface area contributed by atoms with Crippen molar-refractivity contribution in [3.8, 4) is 0 Å². The maximum atomic E-state index is 11.9. The van der Waals surface area contributed by atoms with Crippen molar-refractivity contribution in [2.24, 2.45) is 0 Å². The Labute approximate surface area is 118 Å². The monoisotopic (exact) mass is 301 g/mol. The number of thiazole rings is 1. The van der Waals surface area contributed by atoms with Gasteiger partial charge in [0.15, 0.2) is 6.29 Å². The van der Waals surface area contributed by atoms with Gasteiger partial charge in [-0.25, -0.2) is 0 Å². The Morgan fingerprint density at radius 3 is 2.95 bits per heavy atom. The van der Waals surface area contributed by atoms with E-state index in [1.54, 1.807) is 25.1 Å². The van der Waals surface area contributed by atoms with E-state index in [1.165, 1.54) is 11.7 Å². The molecular formula is C12H12ClNO4S. The maximum absolute atomic E-state index is 11.9. The molecular weight excluding hydrogens is 290 g/mol. The van der Waals surface area contributed by atoms with Crippen LogP contribution in [0.2, 0.25) is 5.02 Å². The molecule has 1 atom stereocenters. The van der Waals surface area contributed by atoms with E-state index in [2.05, 4.69) is 0 Å². The molecule has 0 saturated carbocycles. The molecule has 1 heterocycles. The zero-order valence-corrected chi connectivity index (χ0v) is 12.0. The van der Waals surface area contributed by atoms with Gasteiger partial charge in [-0.05, 0) is 19.1 Å². The van der Waals surface area contributed by atoms with Gasteiger partial charge in [-0.3, -0.25) is 14.2 Å². The first-order valence-electron chi connectivity index (χ1n) is 5.53. The van der Waals surface area contributed by atoms with Gasteiger partial charge in [0.05, 0.1) is 15.2 Å². The van der Waals surface area contributed by atoms with Crippen molar-refractivity contribution in [3.05, 3.63) is 32.9 Å². The summed E-state index contributed by atoms with van der Waals surface area (Å²) >= 11 is 7.11. The van der Waals surface area contributed by atoms with Gasteiger partial charge in [0, 0.05) is 7.11 Å². The third-order valence-electron chi connectivity index (χ3n) is 2.55. The van der Waals surface area contributed by atoms with Crippen LogP contribution in [-0.4, -0.2) is 23.9 Å². The highest BCUT2D eigenvalue weighted by atomic mass is 35.5. The lowest BCUT2D eigenvalue weighted by Gasteiger charge is -2.11. The molecule has 0 saturated heterocycles. The fraction of sp³-hybridized carbons (Fsp3) is 0.333. The largest absolute Gasteiger partial charge is 0.435 e. The van der Waals surface area contributed by atoms with Crippen molar-refractivity contribution in [1.82, 2.24) is 4.57 Å². The molecule has 0 amide bonds. The Morgan fingerprint density at radius 2 is 2.26 bits per heavy atom. The normalized spacial score (nSPS) is 12.6. The van der Waals surface area contributed by atoms with E-state index in [1.807, 2.05) is 0 Å². The number of hydrogen-bond donors (Lipinski definition) is 0. The number of halogens is 1. The minimum absolute atomic E-state index is 0.184. The molecule has 7 heteroatoms. The third kappa shape index (κ3) is 2.97. The smallest absolute Gasteiger partial charge is 0.328 e. The summed E-state index contributed by atoms with van der Waals surface area (Å²) in [7, 11) is 1.43. The van der Waals surface area contributed by atoms with Crippen LogP contribution in [0.4, 0.5) is 0 Å². The highest BCUT2D eigenvalue weighted by Gasteiger charge is 2.15. The van der Waals surface area contributed by atoms with E-state index < -0.39 is 12.3 Å². The second-order valence-corrected chi connectivity index (χ2v) is 5.23. The van der Waals surface area contributed by atoms with Crippen LogP contribution < -0.4 is 4.87 Å². The number of hydrogen-bond acceptors (Lipinski definition) is 5. The number of esters is 1. The highest BCUT2D eigenvalue weighted by Crippen LogP contribution is 2.25. The van der Waals surface area contributed by atoms with Crippen LogP contribution in [-0.2, 0) is 20.8 Å². The van der Waals surface area contributed by atoms with Gasteiger partial charge in [0.1, 0.15) is 6.54 Å². The predicted octanol–water partition coefficient (Wildman–Crippen LogP) is 2.25. The lowest BCUT2D eigenvalue weighted by atomic mass is 10.3. The first-order chi connectivity index (χ1) is 9.02. The summed E-state index contributed by atoms with van der Waals surface area (Å²) in [6.07, 6.45) is -0.649. The Bertz CT molecular complexity index is 663. The lowest BCUT2D eigenvalue weighted by molar-refractivity contribution is -0.170. The first-order valence-corrected chi connectivity index (χ1v) is 6.72. The fourth-order valence-electron chi connectivity index (χ4n) is 1.62. The van der Waals surface area contributed by atoms with Crippen molar-refractivity contribution in [3.63, 3.8) is 0 Å². The van der Waals surface area contributed by atoms with Crippen molar-refractivity contribution in [1.29, 1.82) is 0 Å². The second kappa shape index (κ2) is 5.73. The summed E-state index contributed by atoms with van der Waals surface area (Å²) in [6.45, 7) is 1.41. The number of ether oxygens (including phenoxy) is 2. The highest BCUT2D eigenvalue weighted by molar-refractivity contribution is 7.16. The maximum Gasteiger partial charge on any atom is 0.328 e.